The van der Waals surface area contributed by atoms with Crippen LogP contribution in [0.25, 0.3) is 44.8 Å². The zero-order valence-corrected chi connectivity index (χ0v) is 24.9. The molecule has 0 spiro atoms. The van der Waals surface area contributed by atoms with Crippen LogP contribution in [0.3, 0.4) is 0 Å². The van der Waals surface area contributed by atoms with Crippen LogP contribution in [0.15, 0.2) is 78.9 Å². The Hall–Kier alpha value is -4.73. The number of hydrogen-bond donors (Lipinski definition) is 1. The topological polar surface area (TPSA) is 104 Å². The number of imidazole rings is 1. The number of aromatic amines is 1. The zero-order valence-electron chi connectivity index (χ0n) is 24.9. The van der Waals surface area contributed by atoms with Gasteiger partial charge in [-0.1, -0.05) is 86.1 Å². The highest BCUT2D eigenvalue weighted by Gasteiger charge is 2.27. The van der Waals surface area contributed by atoms with E-state index in [4.69, 9.17) is 19.4 Å². The van der Waals surface area contributed by atoms with Gasteiger partial charge in [0.2, 0.25) is 0 Å². The molecule has 6 aromatic rings. The molecule has 0 amide bonds. The van der Waals surface area contributed by atoms with Gasteiger partial charge in [0.25, 0.3) is 0 Å². The third-order valence-corrected chi connectivity index (χ3v) is 7.77. The lowest BCUT2D eigenvalue weighted by atomic mass is 9.96. The van der Waals surface area contributed by atoms with Crippen molar-refractivity contribution in [3.63, 3.8) is 0 Å². The van der Waals surface area contributed by atoms with Crippen LogP contribution in [0, 0.1) is 6.92 Å². The van der Waals surface area contributed by atoms with Gasteiger partial charge in [0, 0.05) is 43.0 Å². The Morgan fingerprint density at radius 1 is 0.860 bits per heavy atom. The first-order valence-corrected chi connectivity index (χ1v) is 14.6. The van der Waals surface area contributed by atoms with Crippen molar-refractivity contribution in [2.75, 3.05) is 14.2 Å². The zero-order chi connectivity index (χ0) is 29.8. The summed E-state index contributed by atoms with van der Waals surface area (Å²) in [5.41, 5.74) is 9.60. The monoisotopic (exact) mass is 573 g/mol. The summed E-state index contributed by atoms with van der Waals surface area (Å²) < 4.78 is 13.9. The van der Waals surface area contributed by atoms with Crippen LogP contribution in [0.4, 0.5) is 0 Å². The van der Waals surface area contributed by atoms with Crippen LogP contribution in [0.2, 0.25) is 0 Å². The van der Waals surface area contributed by atoms with Crippen LogP contribution in [-0.4, -0.2) is 49.4 Å². The van der Waals surface area contributed by atoms with Crippen molar-refractivity contribution >= 4 is 11.2 Å². The second kappa shape index (κ2) is 12.6. The van der Waals surface area contributed by atoms with E-state index in [0.29, 0.717) is 12.4 Å². The molecule has 0 fully saturated rings. The first kappa shape index (κ1) is 28.4. The highest BCUT2D eigenvalue weighted by atomic mass is 16.7. The lowest BCUT2D eigenvalue weighted by Crippen LogP contribution is -2.10. The number of fused-ring (bicyclic) bond motifs is 1. The van der Waals surface area contributed by atoms with Crippen molar-refractivity contribution in [3.8, 4) is 33.6 Å². The van der Waals surface area contributed by atoms with E-state index in [0.717, 1.165) is 80.9 Å². The summed E-state index contributed by atoms with van der Waals surface area (Å²) >= 11 is 0. The summed E-state index contributed by atoms with van der Waals surface area (Å²) in [6.07, 6.45) is 2.31. The molecule has 0 unspecified atom stereocenters. The van der Waals surface area contributed by atoms with Gasteiger partial charge in [-0.2, -0.15) is 0 Å². The molecule has 0 aliphatic heterocycles. The largest absolute Gasteiger partial charge is 0.352 e. The SMILES string of the molecule is CCCCc1nc2c(C(OC)OC)c(-c3ccccc3)c(C)nc2n1Cc1ccc(-c2ccccc2)c(-c2nnn[nH]2)c1. The Morgan fingerprint density at radius 2 is 1.58 bits per heavy atom. The molecule has 0 aliphatic carbocycles. The Morgan fingerprint density at radius 3 is 2.23 bits per heavy atom. The molecule has 0 aliphatic rings. The van der Waals surface area contributed by atoms with E-state index in [1.165, 1.54) is 0 Å². The highest BCUT2D eigenvalue weighted by Crippen LogP contribution is 2.38. The number of aromatic nitrogens is 7. The third-order valence-electron chi connectivity index (χ3n) is 7.77. The van der Waals surface area contributed by atoms with Crippen molar-refractivity contribution in [1.29, 1.82) is 0 Å². The second-order valence-corrected chi connectivity index (χ2v) is 10.5. The van der Waals surface area contributed by atoms with Gasteiger partial charge in [-0.05, 0) is 52.1 Å². The maximum atomic E-state index is 5.85. The molecule has 218 valence electrons. The van der Waals surface area contributed by atoms with Gasteiger partial charge in [-0.3, -0.25) is 0 Å². The Kier molecular flexibility index (Phi) is 8.35. The molecule has 1 N–H and O–H groups in total. The number of ether oxygens (including phenoxy) is 2. The molecule has 0 bridgehead atoms. The molecule has 0 atom stereocenters. The molecule has 43 heavy (non-hydrogen) atoms. The molecule has 3 aromatic carbocycles. The van der Waals surface area contributed by atoms with Gasteiger partial charge < -0.3 is 14.0 Å². The minimum absolute atomic E-state index is 0.584. The van der Waals surface area contributed by atoms with Crippen LogP contribution < -0.4 is 0 Å². The molecule has 9 nitrogen and oxygen atoms in total. The molecule has 9 heteroatoms. The van der Waals surface area contributed by atoms with Crippen molar-refractivity contribution in [2.24, 2.45) is 0 Å². The fourth-order valence-corrected chi connectivity index (χ4v) is 5.74. The number of H-pyrrole nitrogens is 1. The van der Waals surface area contributed by atoms with Crippen molar-refractivity contribution in [2.45, 2.75) is 45.9 Å². The number of tetrazole rings is 1. The highest BCUT2D eigenvalue weighted by molar-refractivity contribution is 5.87. The smallest absolute Gasteiger partial charge is 0.186 e. The average Bonchev–Trinajstić information content (AvgIpc) is 3.70. The first-order valence-electron chi connectivity index (χ1n) is 14.6. The number of methoxy groups -OCH3 is 2. The normalized spacial score (nSPS) is 11.6. The number of nitrogens with zero attached hydrogens (tertiary/aromatic N) is 6. The molecule has 0 radical (unpaired) electrons. The Labute approximate surface area is 250 Å². The van der Waals surface area contributed by atoms with E-state index < -0.39 is 6.29 Å². The van der Waals surface area contributed by atoms with Crippen molar-refractivity contribution in [1.82, 2.24) is 35.2 Å². The lowest BCUT2D eigenvalue weighted by molar-refractivity contribution is -0.104. The molecule has 3 heterocycles. The maximum absolute atomic E-state index is 5.85. The first-order chi connectivity index (χ1) is 21.1. The number of nitrogens with one attached hydrogen (secondary N) is 1. The van der Waals surface area contributed by atoms with Gasteiger partial charge in [-0.25, -0.2) is 15.1 Å². The number of rotatable bonds is 11. The lowest BCUT2D eigenvalue weighted by Gasteiger charge is -2.20. The fraction of sp³-hybridized carbons (Fsp3) is 0.265. The third kappa shape index (κ3) is 5.57. The fourth-order valence-electron chi connectivity index (χ4n) is 5.74. The van der Waals surface area contributed by atoms with Crippen LogP contribution in [-0.2, 0) is 22.4 Å². The molecule has 0 saturated heterocycles. The van der Waals surface area contributed by atoms with E-state index in [2.05, 4.69) is 74.6 Å². The second-order valence-electron chi connectivity index (χ2n) is 10.5. The minimum atomic E-state index is -0.600. The average molecular weight is 574 g/mol. The molecular weight excluding hydrogens is 538 g/mol. The number of aryl methyl sites for hydroxylation is 2. The van der Waals surface area contributed by atoms with E-state index in [9.17, 15) is 0 Å². The van der Waals surface area contributed by atoms with Gasteiger partial charge in [0.15, 0.2) is 17.8 Å². The summed E-state index contributed by atoms with van der Waals surface area (Å²) in [4.78, 5) is 10.4. The predicted octanol–water partition coefficient (Wildman–Crippen LogP) is 6.94. The van der Waals surface area contributed by atoms with Crippen LogP contribution in [0.5, 0.6) is 0 Å². The Balaban J connectivity index is 1.54. The van der Waals surface area contributed by atoms with Gasteiger partial charge in [-0.15, -0.1) is 5.10 Å². The predicted molar refractivity (Wildman–Crippen MR) is 167 cm³/mol. The molecular formula is C34H35N7O2. The summed E-state index contributed by atoms with van der Waals surface area (Å²) in [5.74, 6) is 1.60. The molecule has 6 rings (SSSR count). The molecule has 0 saturated carbocycles. The number of hydrogen-bond acceptors (Lipinski definition) is 7. The van der Waals surface area contributed by atoms with Gasteiger partial charge >= 0.3 is 0 Å². The number of pyridine rings is 1. The van der Waals surface area contributed by atoms with Crippen LogP contribution >= 0.6 is 0 Å². The maximum Gasteiger partial charge on any atom is 0.186 e. The molecule has 3 aromatic heterocycles. The summed E-state index contributed by atoms with van der Waals surface area (Å²) in [6, 6.07) is 27.0. The summed E-state index contributed by atoms with van der Waals surface area (Å²) in [6.45, 7) is 4.82. The standard InChI is InChI=1S/C34H35N7O2/c1-5-6-17-28-36-31-30(34(42-3)43-4)29(25-15-11-8-12-16-25)22(2)35-33(31)41(28)21-23-18-19-26(24-13-9-7-10-14-24)27(20-23)32-37-39-40-38-32/h7-16,18-20,34H,5-6,17,21H2,1-4H3,(H,37,38,39,40). The van der Waals surface area contributed by atoms with Crippen molar-refractivity contribution in [3.05, 3.63) is 102 Å². The van der Waals surface area contributed by atoms with Crippen molar-refractivity contribution < 1.29 is 9.47 Å². The quantitative estimate of drug-likeness (QED) is 0.168. The Bertz CT molecular complexity index is 1810. The van der Waals surface area contributed by atoms with E-state index in [-0.39, 0.29) is 0 Å². The minimum Gasteiger partial charge on any atom is -0.352 e. The summed E-state index contributed by atoms with van der Waals surface area (Å²) in [5, 5.41) is 14.9. The van der Waals surface area contributed by atoms with Gasteiger partial charge in [0.1, 0.15) is 11.3 Å². The number of unbranched alkanes of at least 4 members (excludes halogenated alkanes) is 1. The van der Waals surface area contributed by atoms with E-state index >= 15 is 0 Å². The van der Waals surface area contributed by atoms with E-state index in [1.807, 2.05) is 43.3 Å². The summed E-state index contributed by atoms with van der Waals surface area (Å²) in [7, 11) is 3.32. The number of benzene rings is 3. The van der Waals surface area contributed by atoms with Crippen LogP contribution in [0.1, 0.15) is 48.7 Å². The van der Waals surface area contributed by atoms with E-state index in [1.54, 1.807) is 14.2 Å². The van der Waals surface area contributed by atoms with Gasteiger partial charge in [0.05, 0.1) is 6.54 Å².